The Morgan fingerprint density at radius 1 is 1.20 bits per heavy atom. The fourth-order valence-corrected chi connectivity index (χ4v) is 5.28. The Bertz CT molecular complexity index is 578. The van der Waals surface area contributed by atoms with Crippen LogP contribution in [-0.4, -0.2) is 37.9 Å². The molecule has 0 aliphatic rings. The van der Waals surface area contributed by atoms with Gasteiger partial charge >= 0.3 is 5.97 Å². The van der Waals surface area contributed by atoms with Crippen LogP contribution in [0.2, 0.25) is 0 Å². The number of halogens is 3. The van der Waals surface area contributed by atoms with Gasteiger partial charge in [0, 0.05) is 3.57 Å². The number of hydrogen-bond donors (Lipinski definition) is 0. The Labute approximate surface area is 157 Å². The van der Waals surface area contributed by atoms with E-state index in [9.17, 15) is 17.8 Å². The van der Waals surface area contributed by atoms with E-state index >= 15 is 0 Å². The third-order valence-corrected chi connectivity index (χ3v) is 4.79. The van der Waals surface area contributed by atoms with Crippen molar-refractivity contribution in [2.24, 2.45) is 0 Å². The van der Waals surface area contributed by atoms with Crippen molar-refractivity contribution >= 4 is 83.9 Å². The van der Waals surface area contributed by atoms with Crippen molar-refractivity contribution in [2.75, 3.05) is 19.0 Å². The molecule has 1 rings (SSSR count). The molecule has 0 aromatic heterocycles. The Hall–Kier alpha value is 0.590. The average Bonchev–Trinajstić information content (AvgIpc) is 2.25. The third-order valence-electron chi connectivity index (χ3n) is 1.89. The predicted octanol–water partition coefficient (Wildman–Crippen LogP) is 1.97. The lowest BCUT2D eigenvalue weighted by atomic mass is 10.3. The lowest BCUT2D eigenvalue weighted by Crippen LogP contribution is -2.20. The van der Waals surface area contributed by atoms with Gasteiger partial charge in [0.15, 0.2) is 6.61 Å². The summed E-state index contributed by atoms with van der Waals surface area (Å²) in [7, 11) is -4.38. The van der Waals surface area contributed by atoms with E-state index < -0.39 is 28.4 Å². The first-order valence-corrected chi connectivity index (χ1v) is 9.87. The first-order chi connectivity index (χ1) is 9.19. The van der Waals surface area contributed by atoms with Crippen LogP contribution in [0.4, 0.5) is 0 Å². The summed E-state index contributed by atoms with van der Waals surface area (Å²) in [6.07, 6.45) is 0. The molecule has 0 unspecified atom stereocenters. The van der Waals surface area contributed by atoms with E-state index in [1.807, 2.05) is 12.1 Å². The number of hydrogen-bond acceptors (Lipinski definition) is 6. The topological polar surface area (TPSA) is 92.7 Å². The number of carbonyl (C=O) groups excluding carboxylic acids is 1. The molecule has 0 aliphatic heterocycles. The van der Waals surface area contributed by atoms with Gasteiger partial charge in [0.05, 0.1) is 23.0 Å². The van der Waals surface area contributed by atoms with Crippen LogP contribution in [-0.2, 0) is 19.6 Å². The van der Waals surface area contributed by atoms with Crippen LogP contribution < -0.4 is 4.74 Å². The molecule has 112 valence electrons. The lowest BCUT2D eigenvalue weighted by molar-refractivity contribution is -0.145. The zero-order valence-electron chi connectivity index (χ0n) is 9.77. The molecular formula is C10H8I3O6S-. The summed E-state index contributed by atoms with van der Waals surface area (Å²) in [5.74, 6) is -0.893. The Balaban J connectivity index is 2.50. The molecule has 0 spiro atoms. The number of carbonyl (C=O) groups is 1. The SMILES string of the molecule is O=C(COc1c(I)cc(I)cc1I)OCCS(=O)(=O)[O-]. The minimum atomic E-state index is -4.38. The van der Waals surface area contributed by atoms with Gasteiger partial charge in [0.25, 0.3) is 0 Å². The van der Waals surface area contributed by atoms with Crippen LogP contribution in [0.1, 0.15) is 0 Å². The maximum absolute atomic E-state index is 11.3. The average molecular weight is 637 g/mol. The number of benzene rings is 1. The molecule has 0 N–H and O–H groups in total. The first-order valence-electron chi connectivity index (χ1n) is 5.05. The van der Waals surface area contributed by atoms with Gasteiger partial charge in [-0.25, -0.2) is 13.2 Å². The van der Waals surface area contributed by atoms with Crippen molar-refractivity contribution < 1.29 is 27.2 Å². The second kappa shape index (κ2) is 8.28. The Kier molecular flexibility index (Phi) is 7.72. The number of ether oxygens (including phenoxy) is 2. The lowest BCUT2D eigenvalue weighted by Gasteiger charge is -2.11. The highest BCUT2D eigenvalue weighted by Gasteiger charge is 2.11. The van der Waals surface area contributed by atoms with Crippen molar-refractivity contribution in [3.05, 3.63) is 22.8 Å². The van der Waals surface area contributed by atoms with Crippen LogP contribution in [0, 0.1) is 10.7 Å². The molecule has 6 nitrogen and oxygen atoms in total. The van der Waals surface area contributed by atoms with E-state index in [2.05, 4.69) is 72.5 Å². The molecule has 0 aliphatic carbocycles. The van der Waals surface area contributed by atoms with Crippen LogP contribution >= 0.6 is 67.8 Å². The maximum Gasteiger partial charge on any atom is 0.344 e. The summed E-state index contributed by atoms with van der Waals surface area (Å²) in [6.45, 7) is -0.805. The second-order valence-corrected chi connectivity index (χ2v) is 8.56. The molecule has 0 amide bonds. The van der Waals surface area contributed by atoms with E-state index in [1.165, 1.54) is 0 Å². The van der Waals surface area contributed by atoms with Crippen molar-refractivity contribution in [2.45, 2.75) is 0 Å². The van der Waals surface area contributed by atoms with Gasteiger partial charge in [-0.3, -0.25) is 0 Å². The Morgan fingerprint density at radius 3 is 2.25 bits per heavy atom. The van der Waals surface area contributed by atoms with E-state index in [0.717, 1.165) is 10.7 Å². The zero-order chi connectivity index (χ0) is 15.3. The molecule has 0 bridgehead atoms. The summed E-state index contributed by atoms with van der Waals surface area (Å²) in [5.41, 5.74) is 0. The third kappa shape index (κ3) is 7.04. The van der Waals surface area contributed by atoms with Gasteiger partial charge in [-0.1, -0.05) is 0 Å². The molecule has 0 saturated heterocycles. The van der Waals surface area contributed by atoms with E-state index in [1.54, 1.807) is 0 Å². The zero-order valence-corrected chi connectivity index (χ0v) is 17.1. The summed E-state index contributed by atoms with van der Waals surface area (Å²) < 4.78 is 43.7. The second-order valence-electron chi connectivity index (χ2n) is 3.47. The standard InChI is InChI=1S/C10H9I3O6S/c11-6-3-7(12)10(8(13)4-6)19-5-9(14)18-1-2-20(15,16)17/h3-4H,1-2,5H2,(H,15,16,17)/p-1. The molecule has 20 heavy (non-hydrogen) atoms. The van der Waals surface area contributed by atoms with Gasteiger partial charge in [-0.2, -0.15) is 0 Å². The van der Waals surface area contributed by atoms with E-state index in [4.69, 9.17) is 4.74 Å². The van der Waals surface area contributed by atoms with Crippen molar-refractivity contribution in [3.63, 3.8) is 0 Å². The van der Waals surface area contributed by atoms with Crippen molar-refractivity contribution in [3.8, 4) is 5.75 Å². The summed E-state index contributed by atoms with van der Waals surface area (Å²) >= 11 is 6.35. The highest BCUT2D eigenvalue weighted by molar-refractivity contribution is 14.1. The molecule has 0 heterocycles. The quantitative estimate of drug-likeness (QED) is 0.270. The van der Waals surface area contributed by atoms with Crippen LogP contribution in [0.5, 0.6) is 5.75 Å². The maximum atomic E-state index is 11.3. The summed E-state index contributed by atoms with van der Waals surface area (Å²) in [4.78, 5) is 11.3. The molecule has 1 aromatic carbocycles. The molecule has 0 radical (unpaired) electrons. The van der Waals surface area contributed by atoms with Gasteiger partial charge in [-0.15, -0.1) is 0 Å². The highest BCUT2D eigenvalue weighted by Crippen LogP contribution is 2.29. The fourth-order valence-electron chi connectivity index (χ4n) is 1.10. The largest absolute Gasteiger partial charge is 0.748 e. The monoisotopic (exact) mass is 637 g/mol. The molecule has 0 atom stereocenters. The minimum Gasteiger partial charge on any atom is -0.748 e. The normalized spacial score (nSPS) is 11.2. The number of rotatable bonds is 6. The first kappa shape index (κ1) is 18.6. The summed E-state index contributed by atoms with van der Waals surface area (Å²) in [6, 6.07) is 3.79. The van der Waals surface area contributed by atoms with Crippen molar-refractivity contribution in [1.82, 2.24) is 0 Å². The minimum absolute atomic E-state index is 0.342. The van der Waals surface area contributed by atoms with Crippen LogP contribution in [0.15, 0.2) is 12.1 Å². The fraction of sp³-hybridized carbons (Fsp3) is 0.300. The van der Waals surface area contributed by atoms with Crippen LogP contribution in [0.3, 0.4) is 0 Å². The van der Waals surface area contributed by atoms with Gasteiger partial charge in [-0.05, 0) is 79.9 Å². The smallest absolute Gasteiger partial charge is 0.344 e. The van der Waals surface area contributed by atoms with Crippen LogP contribution in [0.25, 0.3) is 0 Å². The van der Waals surface area contributed by atoms with Gasteiger partial charge < -0.3 is 14.0 Å². The molecule has 0 fully saturated rings. The van der Waals surface area contributed by atoms with E-state index in [-0.39, 0.29) is 6.61 Å². The molecule has 10 heteroatoms. The highest BCUT2D eigenvalue weighted by atomic mass is 127. The van der Waals surface area contributed by atoms with Gasteiger partial charge in [0.2, 0.25) is 0 Å². The molecule has 1 aromatic rings. The summed E-state index contributed by atoms with van der Waals surface area (Å²) in [5, 5.41) is 0. The van der Waals surface area contributed by atoms with Crippen molar-refractivity contribution in [1.29, 1.82) is 0 Å². The molecule has 0 saturated carbocycles. The van der Waals surface area contributed by atoms with Gasteiger partial charge in [0.1, 0.15) is 12.4 Å². The predicted molar refractivity (Wildman–Crippen MR) is 95.6 cm³/mol. The van der Waals surface area contributed by atoms with E-state index in [0.29, 0.717) is 5.75 Å². The number of esters is 1. The Morgan fingerprint density at radius 2 is 1.75 bits per heavy atom. The molecular weight excluding hydrogens is 629 g/mol.